The number of nitrogens with one attached hydrogen (secondary N) is 1. The van der Waals surface area contributed by atoms with E-state index in [2.05, 4.69) is 36.3 Å². The lowest BCUT2D eigenvalue weighted by atomic mass is 9.79. The van der Waals surface area contributed by atoms with Crippen molar-refractivity contribution in [1.82, 2.24) is 10.3 Å². The van der Waals surface area contributed by atoms with E-state index in [-0.39, 0.29) is 28.6 Å². The summed E-state index contributed by atoms with van der Waals surface area (Å²) in [5.74, 6) is -0.824. The van der Waals surface area contributed by atoms with Crippen LogP contribution in [0.5, 0.6) is 0 Å². The quantitative estimate of drug-likeness (QED) is 0.856. The van der Waals surface area contributed by atoms with Crippen molar-refractivity contribution in [3.05, 3.63) is 65.5 Å². The number of aromatic nitrogens is 1. The topological polar surface area (TPSA) is 85.1 Å². The van der Waals surface area contributed by atoms with Crippen molar-refractivity contribution < 1.29 is 9.59 Å². The number of benzene rings is 1. The summed E-state index contributed by atoms with van der Waals surface area (Å²) in [7, 11) is 0. The van der Waals surface area contributed by atoms with Crippen molar-refractivity contribution in [1.29, 1.82) is 0 Å². The molecule has 0 aliphatic rings. The molecular formula is C19H23N3O2. The summed E-state index contributed by atoms with van der Waals surface area (Å²) in [6.07, 6.45) is 2.11. The standard InChI is InChI=1S/C19H23N3O2/c1-13(11-19(2,3)15-7-5-4-6-8-15)22-18(24)16-10-9-14(12-21-16)17(20)23/h4-10,12-13H,11H2,1-3H3,(H2,20,23)(H,22,24). The Kier molecular flexibility index (Phi) is 5.34. The van der Waals surface area contributed by atoms with E-state index in [1.54, 1.807) is 0 Å². The van der Waals surface area contributed by atoms with Crippen molar-refractivity contribution in [2.75, 3.05) is 0 Å². The molecule has 0 saturated heterocycles. The summed E-state index contributed by atoms with van der Waals surface area (Å²) in [5, 5.41) is 2.95. The minimum atomic E-state index is -0.563. The number of amides is 2. The van der Waals surface area contributed by atoms with Gasteiger partial charge in [0, 0.05) is 12.2 Å². The number of hydrogen-bond donors (Lipinski definition) is 2. The fourth-order valence-corrected chi connectivity index (χ4v) is 2.80. The first-order valence-electron chi connectivity index (χ1n) is 7.92. The predicted octanol–water partition coefficient (Wildman–Crippen LogP) is 2.67. The first kappa shape index (κ1) is 17.7. The van der Waals surface area contributed by atoms with E-state index in [0.29, 0.717) is 0 Å². The highest BCUT2D eigenvalue weighted by Crippen LogP contribution is 2.28. The van der Waals surface area contributed by atoms with Crippen molar-refractivity contribution in [2.24, 2.45) is 5.73 Å². The molecule has 2 amide bonds. The van der Waals surface area contributed by atoms with Gasteiger partial charge in [-0.25, -0.2) is 0 Å². The van der Waals surface area contributed by atoms with Crippen molar-refractivity contribution in [3.63, 3.8) is 0 Å². The molecule has 0 bridgehead atoms. The summed E-state index contributed by atoms with van der Waals surface area (Å²) < 4.78 is 0. The van der Waals surface area contributed by atoms with Gasteiger partial charge in [-0.3, -0.25) is 14.6 Å². The number of carbonyl (C=O) groups excluding carboxylic acids is 2. The van der Waals surface area contributed by atoms with Crippen molar-refractivity contribution in [3.8, 4) is 0 Å². The van der Waals surface area contributed by atoms with Gasteiger partial charge in [-0.05, 0) is 36.5 Å². The molecule has 0 spiro atoms. The molecule has 1 unspecified atom stereocenters. The molecule has 5 nitrogen and oxygen atoms in total. The van der Waals surface area contributed by atoms with Gasteiger partial charge in [0.05, 0.1) is 5.56 Å². The Hall–Kier alpha value is -2.69. The highest BCUT2D eigenvalue weighted by molar-refractivity contribution is 5.95. The van der Waals surface area contributed by atoms with E-state index in [1.165, 1.54) is 23.9 Å². The van der Waals surface area contributed by atoms with Crippen LogP contribution in [0.4, 0.5) is 0 Å². The smallest absolute Gasteiger partial charge is 0.270 e. The van der Waals surface area contributed by atoms with Crippen LogP contribution in [0.25, 0.3) is 0 Å². The molecule has 2 aromatic rings. The second-order valence-electron chi connectivity index (χ2n) is 6.62. The minimum absolute atomic E-state index is 0.0228. The lowest BCUT2D eigenvalue weighted by molar-refractivity contribution is 0.0927. The van der Waals surface area contributed by atoms with Crippen LogP contribution in [0.3, 0.4) is 0 Å². The van der Waals surface area contributed by atoms with Crippen LogP contribution >= 0.6 is 0 Å². The number of rotatable bonds is 6. The summed E-state index contributed by atoms with van der Waals surface area (Å²) in [6.45, 7) is 6.29. The second kappa shape index (κ2) is 7.25. The van der Waals surface area contributed by atoms with Crippen LogP contribution in [0, 0.1) is 0 Å². The Balaban J connectivity index is 2.00. The zero-order valence-electron chi connectivity index (χ0n) is 14.2. The van der Waals surface area contributed by atoms with Gasteiger partial charge in [0.1, 0.15) is 5.69 Å². The Morgan fingerprint density at radius 1 is 1.17 bits per heavy atom. The highest BCUT2D eigenvalue weighted by atomic mass is 16.2. The molecule has 0 saturated carbocycles. The lowest BCUT2D eigenvalue weighted by Gasteiger charge is -2.29. The average molecular weight is 325 g/mol. The lowest BCUT2D eigenvalue weighted by Crippen LogP contribution is -2.37. The SMILES string of the molecule is CC(CC(C)(C)c1ccccc1)NC(=O)c1ccc(C(N)=O)cn1. The molecular weight excluding hydrogens is 302 g/mol. The third-order valence-electron chi connectivity index (χ3n) is 4.03. The molecule has 0 aliphatic carbocycles. The van der Waals surface area contributed by atoms with Crippen molar-refractivity contribution >= 4 is 11.8 Å². The van der Waals surface area contributed by atoms with E-state index in [0.717, 1.165) is 6.42 Å². The molecule has 1 atom stereocenters. The molecule has 0 fully saturated rings. The number of nitrogens with two attached hydrogens (primary N) is 1. The molecule has 0 aliphatic heterocycles. The van der Waals surface area contributed by atoms with Crippen LogP contribution in [0.1, 0.15) is 53.6 Å². The van der Waals surface area contributed by atoms with Gasteiger partial charge in [0.2, 0.25) is 5.91 Å². The minimum Gasteiger partial charge on any atom is -0.366 e. The fourth-order valence-electron chi connectivity index (χ4n) is 2.80. The van der Waals surface area contributed by atoms with Gasteiger partial charge in [-0.15, -0.1) is 0 Å². The monoisotopic (exact) mass is 325 g/mol. The molecule has 0 radical (unpaired) electrons. The molecule has 1 heterocycles. The molecule has 5 heteroatoms. The van der Waals surface area contributed by atoms with Gasteiger partial charge in [0.25, 0.3) is 5.91 Å². The van der Waals surface area contributed by atoms with E-state index >= 15 is 0 Å². The summed E-state index contributed by atoms with van der Waals surface area (Å²) in [6, 6.07) is 13.2. The van der Waals surface area contributed by atoms with Gasteiger partial charge >= 0.3 is 0 Å². The zero-order chi connectivity index (χ0) is 17.7. The van der Waals surface area contributed by atoms with E-state index in [4.69, 9.17) is 5.73 Å². The first-order chi connectivity index (χ1) is 11.3. The van der Waals surface area contributed by atoms with E-state index < -0.39 is 5.91 Å². The van der Waals surface area contributed by atoms with Gasteiger partial charge in [0.15, 0.2) is 0 Å². The zero-order valence-corrected chi connectivity index (χ0v) is 14.2. The molecule has 24 heavy (non-hydrogen) atoms. The van der Waals surface area contributed by atoms with Crippen LogP contribution < -0.4 is 11.1 Å². The number of hydrogen-bond acceptors (Lipinski definition) is 3. The Bertz CT molecular complexity index is 709. The molecule has 1 aromatic heterocycles. The Morgan fingerprint density at radius 2 is 1.83 bits per heavy atom. The Labute approximate surface area is 142 Å². The van der Waals surface area contributed by atoms with E-state index in [1.807, 2.05) is 25.1 Å². The normalized spacial score (nSPS) is 12.5. The van der Waals surface area contributed by atoms with Crippen molar-refractivity contribution in [2.45, 2.75) is 38.6 Å². The first-order valence-corrected chi connectivity index (χ1v) is 7.92. The Morgan fingerprint density at radius 3 is 2.38 bits per heavy atom. The second-order valence-corrected chi connectivity index (χ2v) is 6.62. The third-order valence-corrected chi connectivity index (χ3v) is 4.03. The van der Waals surface area contributed by atoms with Gasteiger partial charge in [-0.1, -0.05) is 44.2 Å². The van der Waals surface area contributed by atoms with Crippen LogP contribution in [-0.2, 0) is 5.41 Å². The molecule has 126 valence electrons. The number of nitrogens with zero attached hydrogens (tertiary/aromatic N) is 1. The largest absolute Gasteiger partial charge is 0.366 e. The molecule has 3 N–H and O–H groups in total. The average Bonchev–Trinajstić information content (AvgIpc) is 2.55. The molecule has 2 rings (SSSR count). The number of pyridine rings is 1. The maximum Gasteiger partial charge on any atom is 0.270 e. The third kappa shape index (κ3) is 4.41. The maximum atomic E-state index is 12.3. The maximum absolute atomic E-state index is 12.3. The predicted molar refractivity (Wildman–Crippen MR) is 93.8 cm³/mol. The summed E-state index contributed by atoms with van der Waals surface area (Å²) in [4.78, 5) is 27.3. The highest BCUT2D eigenvalue weighted by Gasteiger charge is 2.24. The van der Waals surface area contributed by atoms with Gasteiger partial charge in [-0.2, -0.15) is 0 Å². The molecule has 1 aromatic carbocycles. The van der Waals surface area contributed by atoms with Crippen LogP contribution in [0.15, 0.2) is 48.7 Å². The van der Waals surface area contributed by atoms with Crippen LogP contribution in [0.2, 0.25) is 0 Å². The van der Waals surface area contributed by atoms with Gasteiger partial charge < -0.3 is 11.1 Å². The van der Waals surface area contributed by atoms with Crippen LogP contribution in [-0.4, -0.2) is 22.8 Å². The summed E-state index contributed by atoms with van der Waals surface area (Å²) >= 11 is 0. The number of primary amides is 1. The van der Waals surface area contributed by atoms with E-state index in [9.17, 15) is 9.59 Å². The summed E-state index contributed by atoms with van der Waals surface area (Å²) in [5.41, 5.74) is 6.89. The number of carbonyl (C=O) groups is 2. The fraction of sp³-hybridized carbons (Fsp3) is 0.316.